The molecule has 1 aromatic rings. The van der Waals surface area contributed by atoms with E-state index in [0.29, 0.717) is 16.9 Å². The second kappa shape index (κ2) is 8.56. The van der Waals surface area contributed by atoms with Crippen molar-refractivity contribution in [3.05, 3.63) is 65.9 Å². The highest BCUT2D eigenvalue weighted by Crippen LogP contribution is 2.29. The number of halogens is 3. The first-order valence-corrected chi connectivity index (χ1v) is 7.99. The number of carbonyl (C=O) groups is 1. The summed E-state index contributed by atoms with van der Waals surface area (Å²) in [5.74, 6) is -0.427. The Morgan fingerprint density at radius 1 is 1.31 bits per heavy atom. The summed E-state index contributed by atoms with van der Waals surface area (Å²) >= 11 is 0. The molecule has 0 spiro atoms. The molecule has 0 radical (unpaired) electrons. The van der Waals surface area contributed by atoms with E-state index in [9.17, 15) is 18.0 Å². The Balaban J connectivity index is 3.44. The van der Waals surface area contributed by atoms with Crippen LogP contribution < -0.4 is 10.6 Å². The van der Waals surface area contributed by atoms with Crippen molar-refractivity contribution in [3.63, 3.8) is 0 Å². The molecular formula is C20H23F3N2O. The number of rotatable bonds is 7. The van der Waals surface area contributed by atoms with Crippen molar-refractivity contribution < 1.29 is 18.0 Å². The Morgan fingerprint density at radius 2 is 1.92 bits per heavy atom. The van der Waals surface area contributed by atoms with Crippen molar-refractivity contribution in [2.45, 2.75) is 26.4 Å². The summed E-state index contributed by atoms with van der Waals surface area (Å²) in [6.07, 6.45) is -0.0926. The van der Waals surface area contributed by atoms with Crippen LogP contribution in [0.5, 0.6) is 0 Å². The number of allylic oxidation sites excluding steroid dienone is 4. The Morgan fingerprint density at radius 3 is 2.38 bits per heavy atom. The predicted octanol–water partition coefficient (Wildman–Crippen LogP) is 5.07. The molecule has 26 heavy (non-hydrogen) atoms. The molecule has 0 fully saturated rings. The number of anilines is 1. The number of hydrogen-bond acceptors (Lipinski definition) is 3. The Labute approximate surface area is 152 Å². The maximum absolute atomic E-state index is 12.8. The third-order valence-electron chi connectivity index (χ3n) is 3.76. The topological polar surface area (TPSA) is 46.3 Å². The zero-order chi connectivity index (χ0) is 20.1. The first kappa shape index (κ1) is 21.3. The first-order chi connectivity index (χ1) is 12.0. The van der Waals surface area contributed by atoms with Gasteiger partial charge in [0.15, 0.2) is 5.78 Å². The molecule has 0 heterocycles. The number of hydrogen-bond donors (Lipinski definition) is 1. The van der Waals surface area contributed by atoms with Crippen molar-refractivity contribution in [2.75, 3.05) is 11.9 Å². The zero-order valence-electron chi connectivity index (χ0n) is 15.2. The second-order valence-electron chi connectivity index (χ2n) is 5.69. The summed E-state index contributed by atoms with van der Waals surface area (Å²) < 4.78 is 38.5. The van der Waals surface area contributed by atoms with Crippen LogP contribution in [0, 0.1) is 0 Å². The van der Waals surface area contributed by atoms with Gasteiger partial charge in [-0.15, -0.1) is 0 Å². The van der Waals surface area contributed by atoms with Crippen molar-refractivity contribution in [1.82, 2.24) is 0 Å². The van der Waals surface area contributed by atoms with E-state index >= 15 is 0 Å². The molecule has 0 aromatic heterocycles. The predicted molar refractivity (Wildman–Crippen MR) is 101 cm³/mol. The van der Waals surface area contributed by atoms with E-state index in [1.165, 1.54) is 11.9 Å². The summed E-state index contributed by atoms with van der Waals surface area (Å²) in [5, 5.41) is 0. The number of ketones is 1. The van der Waals surface area contributed by atoms with E-state index in [4.69, 9.17) is 5.73 Å². The standard InChI is InChI=1S/C20H23F3N2O/c1-6-8-15-9-10-16(12-17(15)14(4)24)25(5)18(19(26)7-2)11-13(3)20(21,22)23/h6,8-12H,3-4,7,24H2,1-2,5H3/b8-6-,18-11-. The lowest BCUT2D eigenvalue weighted by Crippen LogP contribution is -2.24. The van der Waals surface area contributed by atoms with Crippen LogP contribution in [-0.4, -0.2) is 19.0 Å². The normalized spacial score (nSPS) is 12.3. The third-order valence-corrected chi connectivity index (χ3v) is 3.76. The lowest BCUT2D eigenvalue weighted by atomic mass is 10.0. The minimum atomic E-state index is -4.60. The second-order valence-corrected chi connectivity index (χ2v) is 5.69. The molecule has 0 aliphatic carbocycles. The minimum Gasteiger partial charge on any atom is -0.399 e. The van der Waals surface area contributed by atoms with Crippen molar-refractivity contribution in [1.29, 1.82) is 0 Å². The van der Waals surface area contributed by atoms with Gasteiger partial charge >= 0.3 is 6.18 Å². The number of alkyl halides is 3. The number of carbonyl (C=O) groups excluding carboxylic acids is 1. The third kappa shape index (κ3) is 5.12. The van der Waals surface area contributed by atoms with E-state index < -0.39 is 17.5 Å². The summed E-state index contributed by atoms with van der Waals surface area (Å²) in [5.41, 5.74) is 6.94. The lowest BCUT2D eigenvalue weighted by Gasteiger charge is -2.24. The van der Waals surface area contributed by atoms with Gasteiger partial charge in [0.1, 0.15) is 0 Å². The van der Waals surface area contributed by atoms with Gasteiger partial charge < -0.3 is 10.6 Å². The molecule has 0 aliphatic heterocycles. The first-order valence-electron chi connectivity index (χ1n) is 7.99. The Hall–Kier alpha value is -2.76. The molecule has 140 valence electrons. The fourth-order valence-electron chi connectivity index (χ4n) is 2.29. The van der Waals surface area contributed by atoms with E-state index in [0.717, 1.165) is 11.6 Å². The van der Waals surface area contributed by atoms with Gasteiger partial charge in [0, 0.05) is 30.4 Å². The highest BCUT2D eigenvalue weighted by molar-refractivity contribution is 5.99. The summed E-state index contributed by atoms with van der Waals surface area (Å²) in [7, 11) is 1.52. The van der Waals surface area contributed by atoms with E-state index in [-0.39, 0.29) is 12.1 Å². The highest BCUT2D eigenvalue weighted by atomic mass is 19.4. The number of nitrogens with two attached hydrogens (primary N) is 1. The van der Waals surface area contributed by atoms with Gasteiger partial charge in [0.2, 0.25) is 0 Å². The Bertz CT molecular complexity index is 774. The van der Waals surface area contributed by atoms with Gasteiger partial charge in [-0.25, -0.2) is 0 Å². The average molecular weight is 364 g/mol. The van der Waals surface area contributed by atoms with Crippen LogP contribution in [0.25, 0.3) is 11.8 Å². The van der Waals surface area contributed by atoms with Crippen molar-refractivity contribution >= 4 is 23.2 Å². The van der Waals surface area contributed by atoms with Crippen molar-refractivity contribution in [2.24, 2.45) is 5.73 Å². The molecule has 1 aromatic carbocycles. The van der Waals surface area contributed by atoms with Crippen molar-refractivity contribution in [3.8, 4) is 0 Å². The molecule has 0 saturated heterocycles. The van der Waals surface area contributed by atoms with Gasteiger partial charge in [-0.05, 0) is 30.7 Å². The summed E-state index contributed by atoms with van der Waals surface area (Å²) in [4.78, 5) is 13.6. The zero-order valence-corrected chi connectivity index (χ0v) is 15.2. The average Bonchev–Trinajstić information content (AvgIpc) is 2.57. The molecule has 2 N–H and O–H groups in total. The molecule has 0 amide bonds. The Kier molecular flexibility index (Phi) is 7.01. The summed E-state index contributed by atoms with van der Waals surface area (Å²) in [6.45, 7) is 10.2. The molecule has 6 heteroatoms. The fraction of sp³-hybridized carbons (Fsp3) is 0.250. The molecule has 0 aliphatic rings. The van der Waals surface area contributed by atoms with Crippen LogP contribution in [0.4, 0.5) is 18.9 Å². The van der Waals surface area contributed by atoms with E-state index in [2.05, 4.69) is 13.2 Å². The molecule has 0 saturated carbocycles. The van der Waals surface area contributed by atoms with Crippen LogP contribution >= 0.6 is 0 Å². The maximum atomic E-state index is 12.8. The smallest absolute Gasteiger partial charge is 0.399 e. The molecule has 3 nitrogen and oxygen atoms in total. The van der Waals surface area contributed by atoms with Crippen LogP contribution in [-0.2, 0) is 4.79 Å². The quantitative estimate of drug-likeness (QED) is 0.543. The SMILES string of the molecule is C=C(N)c1cc(N(C)/C(=C\C(=C)C(F)(F)F)C(=O)CC)ccc1/C=C\C. The van der Waals surface area contributed by atoms with Gasteiger partial charge in [-0.3, -0.25) is 4.79 Å². The molecule has 1 rings (SSSR count). The largest absolute Gasteiger partial charge is 0.415 e. The monoisotopic (exact) mass is 364 g/mol. The highest BCUT2D eigenvalue weighted by Gasteiger charge is 2.31. The number of Topliss-reactive ketones (excluding diaryl/α,β-unsaturated/α-hetero) is 1. The van der Waals surface area contributed by atoms with Gasteiger partial charge in [-0.2, -0.15) is 13.2 Å². The summed E-state index contributed by atoms with van der Waals surface area (Å²) in [6, 6.07) is 5.16. The van der Waals surface area contributed by atoms with E-state index in [1.54, 1.807) is 25.1 Å². The van der Waals surface area contributed by atoms with Crippen LogP contribution in [0.1, 0.15) is 31.4 Å². The molecular weight excluding hydrogens is 341 g/mol. The lowest BCUT2D eigenvalue weighted by molar-refractivity contribution is -0.115. The molecule has 0 bridgehead atoms. The van der Waals surface area contributed by atoms with Gasteiger partial charge in [0.25, 0.3) is 0 Å². The van der Waals surface area contributed by atoms with Gasteiger partial charge in [0.05, 0.1) is 11.3 Å². The van der Waals surface area contributed by atoms with E-state index in [1.807, 2.05) is 19.1 Å². The number of benzene rings is 1. The number of likely N-dealkylation sites (N-methyl/N-ethyl adjacent to an activating group) is 1. The maximum Gasteiger partial charge on any atom is 0.415 e. The molecule has 0 atom stereocenters. The fourth-order valence-corrected chi connectivity index (χ4v) is 2.29. The van der Waals surface area contributed by atoms with Crippen LogP contribution in [0.3, 0.4) is 0 Å². The van der Waals surface area contributed by atoms with Crippen LogP contribution in [0.2, 0.25) is 0 Å². The minimum absolute atomic E-state index is 0.0639. The van der Waals surface area contributed by atoms with Gasteiger partial charge in [-0.1, -0.05) is 38.3 Å². The van der Waals surface area contributed by atoms with Crippen LogP contribution in [0.15, 0.2) is 54.8 Å². The number of nitrogens with zero attached hydrogens (tertiary/aromatic N) is 1. The molecule has 0 unspecified atom stereocenters.